The van der Waals surface area contributed by atoms with Crippen LogP contribution in [0.2, 0.25) is 0 Å². The molecule has 4 N–H and O–H groups in total. The third-order valence-electron chi connectivity index (χ3n) is 11.6. The van der Waals surface area contributed by atoms with E-state index in [-0.39, 0.29) is 41.9 Å². The van der Waals surface area contributed by atoms with E-state index in [1.165, 1.54) is 11.8 Å². The molecule has 0 spiro atoms. The molecule has 7 rings (SSSR count). The van der Waals surface area contributed by atoms with Crippen molar-refractivity contribution in [2.45, 2.75) is 115 Å². The van der Waals surface area contributed by atoms with Gasteiger partial charge in [-0.15, -0.1) is 11.3 Å². The maximum absolute atomic E-state index is 13.7. The number of Topliss-reactive ketones (excluding diaryl/α,β-unsaturated/α-hetero) is 1. The molecule has 15 heteroatoms. The first-order valence-electron chi connectivity index (χ1n) is 19.9. The predicted octanol–water partition coefficient (Wildman–Crippen LogP) is 4.34. The lowest BCUT2D eigenvalue weighted by atomic mass is 9.80. The van der Waals surface area contributed by atoms with Crippen LogP contribution in [-0.4, -0.2) is 95.5 Å². The third kappa shape index (κ3) is 8.43. The first-order valence-corrected chi connectivity index (χ1v) is 20.7. The second kappa shape index (κ2) is 17.1. The summed E-state index contributed by atoms with van der Waals surface area (Å²) in [6.45, 7) is 5.58. The highest BCUT2D eigenvalue weighted by molar-refractivity contribution is 7.17. The van der Waals surface area contributed by atoms with E-state index in [9.17, 15) is 29.1 Å². The molecule has 2 aliphatic heterocycles. The summed E-state index contributed by atoms with van der Waals surface area (Å²) in [7, 11) is 0. The third-order valence-corrected chi connectivity index (χ3v) is 12.8. The minimum Gasteiger partial charge on any atom is -0.387 e. The van der Waals surface area contributed by atoms with Crippen molar-refractivity contribution in [2.75, 3.05) is 19.7 Å². The lowest BCUT2D eigenvalue weighted by Gasteiger charge is -2.30. The van der Waals surface area contributed by atoms with Gasteiger partial charge in [0.25, 0.3) is 0 Å². The van der Waals surface area contributed by atoms with E-state index in [1.54, 1.807) is 16.2 Å². The van der Waals surface area contributed by atoms with Crippen molar-refractivity contribution in [3.63, 3.8) is 0 Å². The average molecular weight is 785 g/mol. The number of thiazole rings is 1. The molecule has 4 amide bonds. The number of nitrogens with one attached hydrogen (secondary N) is 3. The Morgan fingerprint density at radius 1 is 0.911 bits per heavy atom. The Morgan fingerprint density at radius 2 is 1.62 bits per heavy atom. The molecule has 0 bridgehead atoms. The molecule has 2 saturated heterocycles. The molecule has 56 heavy (non-hydrogen) atoms. The zero-order valence-electron chi connectivity index (χ0n) is 32.3. The molecule has 3 aliphatic rings. The number of aromatic nitrogens is 4. The summed E-state index contributed by atoms with van der Waals surface area (Å²) in [5.74, 6) is 0.0954. The predicted molar refractivity (Wildman–Crippen MR) is 210 cm³/mol. The number of hydrogen-bond acceptors (Lipinski definition) is 9. The van der Waals surface area contributed by atoms with Gasteiger partial charge in [-0.3, -0.25) is 28.4 Å². The smallest absolute Gasteiger partial charge is 0.250 e. The summed E-state index contributed by atoms with van der Waals surface area (Å²) < 4.78 is 2.02. The maximum atomic E-state index is 13.7. The van der Waals surface area contributed by atoms with E-state index < -0.39 is 30.6 Å². The van der Waals surface area contributed by atoms with Gasteiger partial charge >= 0.3 is 0 Å². The molecule has 0 unspecified atom stereocenters. The summed E-state index contributed by atoms with van der Waals surface area (Å²) in [5, 5.41) is 14.7. The SMILES string of the molecule is CC(=O)N[C@@H](C(=O)N1CCC[C@H]1C(=O)Cc1cn2cc(C3CCC(c4cnc([C@@H]5CCCN5C(=O)[C@@H](NC(=O)CO)C(C)C)[nH]4)CC3)sc2n1)c1ccccc1. The van der Waals surface area contributed by atoms with Gasteiger partial charge in [-0.05, 0) is 68.8 Å². The first-order chi connectivity index (χ1) is 27.0. The molecular weight excluding hydrogens is 733 g/mol. The van der Waals surface area contributed by atoms with Gasteiger partial charge in [0.15, 0.2) is 10.7 Å². The van der Waals surface area contributed by atoms with E-state index >= 15 is 0 Å². The lowest BCUT2D eigenvalue weighted by Crippen LogP contribution is -2.51. The highest BCUT2D eigenvalue weighted by Gasteiger charge is 2.39. The number of nitrogens with zero attached hydrogens (tertiary/aromatic N) is 5. The van der Waals surface area contributed by atoms with Crippen LogP contribution in [0.1, 0.15) is 124 Å². The van der Waals surface area contributed by atoms with Crippen molar-refractivity contribution < 1.29 is 29.1 Å². The molecular formula is C41H52N8O6S. The molecule has 1 aromatic carbocycles. The number of ketones is 1. The number of aliphatic hydroxyl groups excluding tert-OH is 1. The number of imidazole rings is 2. The molecule has 1 aliphatic carbocycles. The van der Waals surface area contributed by atoms with E-state index in [0.717, 1.165) is 61.4 Å². The van der Waals surface area contributed by atoms with Crippen LogP contribution < -0.4 is 10.6 Å². The maximum Gasteiger partial charge on any atom is 0.250 e. The van der Waals surface area contributed by atoms with Gasteiger partial charge in [0, 0.05) is 55.1 Å². The largest absolute Gasteiger partial charge is 0.387 e. The number of amides is 4. The minimum absolute atomic E-state index is 0.0460. The fraction of sp³-hybridized carbons (Fsp3) is 0.537. The van der Waals surface area contributed by atoms with Crippen LogP contribution in [0, 0.1) is 5.92 Å². The quantitative estimate of drug-likeness (QED) is 0.155. The summed E-state index contributed by atoms with van der Waals surface area (Å²) in [4.78, 5) is 83.5. The fourth-order valence-electron chi connectivity index (χ4n) is 8.74. The van der Waals surface area contributed by atoms with Crippen LogP contribution in [-0.2, 0) is 30.4 Å². The van der Waals surface area contributed by atoms with E-state index in [0.29, 0.717) is 42.6 Å². The number of carbonyl (C=O) groups excluding carboxylic acids is 5. The monoisotopic (exact) mass is 784 g/mol. The Balaban J connectivity index is 0.939. The van der Waals surface area contributed by atoms with Gasteiger partial charge < -0.3 is 30.5 Å². The second-order valence-corrected chi connectivity index (χ2v) is 16.9. The summed E-state index contributed by atoms with van der Waals surface area (Å²) >= 11 is 1.66. The van der Waals surface area contributed by atoms with Crippen molar-refractivity contribution in [2.24, 2.45) is 5.92 Å². The van der Waals surface area contributed by atoms with Crippen LogP contribution >= 0.6 is 11.3 Å². The Kier molecular flexibility index (Phi) is 12.0. The van der Waals surface area contributed by atoms with Crippen LogP contribution in [0.5, 0.6) is 0 Å². The van der Waals surface area contributed by atoms with E-state index in [4.69, 9.17) is 9.97 Å². The van der Waals surface area contributed by atoms with Crippen molar-refractivity contribution >= 4 is 45.7 Å². The van der Waals surface area contributed by atoms with Gasteiger partial charge in [0.2, 0.25) is 23.6 Å². The number of H-pyrrole nitrogens is 1. The molecule has 4 atom stereocenters. The Bertz CT molecular complexity index is 2020. The summed E-state index contributed by atoms with van der Waals surface area (Å²) in [5.41, 5.74) is 2.46. The highest BCUT2D eigenvalue weighted by atomic mass is 32.1. The molecule has 1 saturated carbocycles. The molecule has 4 aromatic rings. The van der Waals surface area contributed by atoms with Crippen LogP contribution in [0.3, 0.4) is 0 Å². The van der Waals surface area contributed by atoms with Gasteiger partial charge in [-0.25, -0.2) is 9.97 Å². The number of likely N-dealkylation sites (tertiary alicyclic amines) is 2. The summed E-state index contributed by atoms with van der Waals surface area (Å²) in [6, 6.07) is 6.86. The molecule has 298 valence electrons. The zero-order valence-corrected chi connectivity index (χ0v) is 33.1. The van der Waals surface area contributed by atoms with Crippen molar-refractivity contribution in [3.05, 3.63) is 76.6 Å². The molecule has 3 aromatic heterocycles. The number of rotatable bonds is 13. The number of aromatic amines is 1. The zero-order chi connectivity index (χ0) is 39.5. The number of fused-ring (bicyclic) bond motifs is 1. The topological polar surface area (TPSA) is 182 Å². The number of carbonyl (C=O) groups is 5. The van der Waals surface area contributed by atoms with Gasteiger partial charge in [0.1, 0.15) is 24.5 Å². The fourth-order valence-corrected chi connectivity index (χ4v) is 9.90. The molecule has 0 radical (unpaired) electrons. The molecule has 5 heterocycles. The lowest BCUT2D eigenvalue weighted by molar-refractivity contribution is -0.140. The van der Waals surface area contributed by atoms with Gasteiger partial charge in [0.05, 0.1) is 24.2 Å². The van der Waals surface area contributed by atoms with E-state index in [1.807, 2.05) is 65.9 Å². The molecule has 3 fully saturated rings. The summed E-state index contributed by atoms with van der Waals surface area (Å²) in [6.07, 6.45) is 13.2. The Labute approximate surface area is 330 Å². The average Bonchev–Trinajstić information content (AvgIpc) is 4.04. The normalized spacial score (nSPS) is 22.4. The van der Waals surface area contributed by atoms with E-state index in [2.05, 4.69) is 21.8 Å². The number of hydrogen-bond donors (Lipinski definition) is 4. The van der Waals surface area contributed by atoms with Crippen LogP contribution in [0.15, 0.2) is 48.9 Å². The van der Waals surface area contributed by atoms with Gasteiger partial charge in [-0.2, -0.15) is 0 Å². The van der Waals surface area contributed by atoms with Crippen LogP contribution in [0.4, 0.5) is 0 Å². The Morgan fingerprint density at radius 3 is 2.32 bits per heavy atom. The Hall–Kier alpha value is -4.89. The van der Waals surface area contributed by atoms with Crippen molar-refractivity contribution in [1.82, 2.24) is 39.8 Å². The van der Waals surface area contributed by atoms with Crippen molar-refractivity contribution in [3.8, 4) is 0 Å². The minimum atomic E-state index is -0.843. The highest BCUT2D eigenvalue weighted by Crippen LogP contribution is 2.43. The first kappa shape index (κ1) is 39.3. The number of aliphatic hydroxyl groups is 1. The standard InChI is InChI=1S/C41H52N8O6S/c1-24(2)36(46-35(53)23-50)39(54)49-18-8-12-32(49)38-42-20-30(45-38)26-13-15-27(16-14-26)34-22-47-21-29(44-41(47)56-34)19-33(52)31-11-7-17-48(31)40(55)37(43-25(3)51)28-9-5-4-6-10-28/h4-6,9-10,20-22,24,26-27,31-32,36-37,50H,7-8,11-19,23H2,1-3H3,(H,42,45)(H,43,51)(H,46,53)/t26?,27?,31-,32-,36-,37+/m0/s1. The number of benzene rings is 1. The van der Waals surface area contributed by atoms with Crippen LogP contribution in [0.25, 0.3) is 4.96 Å². The molecule has 14 nitrogen and oxygen atoms in total. The van der Waals surface area contributed by atoms with Crippen molar-refractivity contribution in [1.29, 1.82) is 0 Å². The van der Waals surface area contributed by atoms with Gasteiger partial charge in [-0.1, -0.05) is 44.2 Å². The second-order valence-electron chi connectivity index (χ2n) is 15.8.